The van der Waals surface area contributed by atoms with Crippen molar-refractivity contribution in [3.05, 3.63) is 12.7 Å². The normalized spacial score (nSPS) is 11.8. The van der Waals surface area contributed by atoms with E-state index >= 15 is 0 Å². The summed E-state index contributed by atoms with van der Waals surface area (Å²) in [5, 5.41) is 0. The summed E-state index contributed by atoms with van der Waals surface area (Å²) < 4.78 is 5.55. The average molecular weight is 282 g/mol. The molecule has 3 nitrogen and oxygen atoms in total. The van der Waals surface area contributed by atoms with Crippen LogP contribution in [-0.4, -0.2) is 18.4 Å². The fraction of sp³-hybridized carbons (Fsp3) is 0.765. The molecule has 0 saturated carbocycles. The lowest BCUT2D eigenvalue weighted by Crippen LogP contribution is -2.18. The van der Waals surface area contributed by atoms with E-state index in [1.807, 2.05) is 0 Å². The molecule has 0 spiro atoms. The van der Waals surface area contributed by atoms with Gasteiger partial charge >= 0.3 is 5.97 Å². The van der Waals surface area contributed by atoms with Crippen LogP contribution in [0, 0.1) is 0 Å². The average Bonchev–Trinajstić information content (AvgIpc) is 2.44. The third kappa shape index (κ3) is 11.9. The van der Waals surface area contributed by atoms with E-state index in [1.165, 1.54) is 12.8 Å². The Morgan fingerprint density at radius 1 is 1.10 bits per heavy atom. The highest BCUT2D eigenvalue weighted by Gasteiger charge is 2.13. The summed E-state index contributed by atoms with van der Waals surface area (Å²) in [6.45, 7) is 5.79. The van der Waals surface area contributed by atoms with Gasteiger partial charge in [0.25, 0.3) is 0 Å². The highest BCUT2D eigenvalue weighted by molar-refractivity contribution is 5.69. The first-order valence-corrected chi connectivity index (χ1v) is 7.98. The first kappa shape index (κ1) is 18.9. The van der Waals surface area contributed by atoms with Crippen LogP contribution in [0.25, 0.3) is 0 Å². The molecule has 0 saturated heterocycles. The van der Waals surface area contributed by atoms with Crippen molar-refractivity contribution in [1.82, 2.24) is 0 Å². The molecule has 0 radical (unpaired) electrons. The standard InChI is InChI=1S/C17H30O3/c1-3-5-9-12-16(13-10-7-8-11-15-18)20-17(19)14-6-4-2/h4,15-16H,2-3,5-14H2,1H3/t16-/m1/s1. The molecule has 0 aliphatic heterocycles. The molecule has 0 unspecified atom stereocenters. The molecular formula is C17H30O3. The minimum atomic E-state index is -0.112. The van der Waals surface area contributed by atoms with Crippen molar-refractivity contribution >= 4 is 12.3 Å². The molecule has 0 aliphatic carbocycles. The number of allylic oxidation sites excluding steroid dienone is 1. The smallest absolute Gasteiger partial charge is 0.306 e. The SMILES string of the molecule is C=CCCC(=O)O[C@H](CCCCC)CCCCCC=O. The van der Waals surface area contributed by atoms with E-state index in [2.05, 4.69) is 13.5 Å². The quantitative estimate of drug-likeness (QED) is 0.202. The molecule has 0 heterocycles. The van der Waals surface area contributed by atoms with E-state index in [4.69, 9.17) is 4.74 Å². The van der Waals surface area contributed by atoms with E-state index in [-0.39, 0.29) is 12.1 Å². The van der Waals surface area contributed by atoms with Crippen molar-refractivity contribution in [2.24, 2.45) is 0 Å². The van der Waals surface area contributed by atoms with Gasteiger partial charge in [-0.2, -0.15) is 0 Å². The highest BCUT2D eigenvalue weighted by Crippen LogP contribution is 2.15. The Morgan fingerprint density at radius 3 is 2.40 bits per heavy atom. The van der Waals surface area contributed by atoms with Crippen LogP contribution in [0.15, 0.2) is 12.7 Å². The number of ether oxygens (including phenoxy) is 1. The second-order valence-electron chi connectivity index (χ2n) is 5.24. The van der Waals surface area contributed by atoms with E-state index in [0.29, 0.717) is 19.3 Å². The minimum Gasteiger partial charge on any atom is -0.462 e. The lowest BCUT2D eigenvalue weighted by molar-refractivity contribution is -0.149. The predicted molar refractivity (Wildman–Crippen MR) is 82.6 cm³/mol. The fourth-order valence-electron chi connectivity index (χ4n) is 2.13. The number of aldehydes is 1. The van der Waals surface area contributed by atoms with Crippen molar-refractivity contribution in [3.8, 4) is 0 Å². The van der Waals surface area contributed by atoms with E-state index in [9.17, 15) is 9.59 Å². The van der Waals surface area contributed by atoms with Crippen LogP contribution in [0.4, 0.5) is 0 Å². The molecule has 20 heavy (non-hydrogen) atoms. The monoisotopic (exact) mass is 282 g/mol. The maximum atomic E-state index is 11.7. The number of carbonyl (C=O) groups is 2. The third-order valence-electron chi connectivity index (χ3n) is 3.33. The molecule has 0 bridgehead atoms. The molecule has 0 aromatic carbocycles. The predicted octanol–water partition coefficient (Wildman–Crippen LogP) is 4.59. The molecule has 0 rings (SSSR count). The van der Waals surface area contributed by atoms with Gasteiger partial charge in [0.15, 0.2) is 0 Å². The van der Waals surface area contributed by atoms with Gasteiger partial charge < -0.3 is 9.53 Å². The molecule has 116 valence electrons. The van der Waals surface area contributed by atoms with Crippen molar-refractivity contribution in [1.29, 1.82) is 0 Å². The van der Waals surface area contributed by atoms with Crippen molar-refractivity contribution in [3.63, 3.8) is 0 Å². The number of unbranched alkanes of at least 4 members (excludes halogenated alkanes) is 5. The largest absolute Gasteiger partial charge is 0.462 e. The van der Waals surface area contributed by atoms with E-state index in [1.54, 1.807) is 6.08 Å². The molecule has 0 aliphatic rings. The summed E-state index contributed by atoms with van der Waals surface area (Å²) in [5.74, 6) is -0.112. The Morgan fingerprint density at radius 2 is 1.80 bits per heavy atom. The first-order valence-electron chi connectivity index (χ1n) is 7.98. The lowest BCUT2D eigenvalue weighted by Gasteiger charge is -2.17. The number of esters is 1. The van der Waals surface area contributed by atoms with Gasteiger partial charge in [0, 0.05) is 12.8 Å². The van der Waals surface area contributed by atoms with Crippen molar-refractivity contribution in [2.75, 3.05) is 0 Å². The Kier molecular flexibility index (Phi) is 13.5. The first-order chi connectivity index (χ1) is 9.74. The van der Waals surface area contributed by atoms with E-state index < -0.39 is 0 Å². The number of hydrogen-bond donors (Lipinski definition) is 0. The molecule has 0 fully saturated rings. The van der Waals surface area contributed by atoms with Gasteiger partial charge in [-0.05, 0) is 38.5 Å². The van der Waals surface area contributed by atoms with Gasteiger partial charge in [0.2, 0.25) is 0 Å². The second-order valence-corrected chi connectivity index (χ2v) is 5.24. The number of rotatable bonds is 14. The van der Waals surface area contributed by atoms with Crippen LogP contribution in [-0.2, 0) is 14.3 Å². The zero-order valence-electron chi connectivity index (χ0n) is 12.9. The summed E-state index contributed by atoms with van der Waals surface area (Å²) in [7, 11) is 0. The van der Waals surface area contributed by atoms with Crippen LogP contribution < -0.4 is 0 Å². The Hall–Kier alpha value is -1.12. The summed E-state index contributed by atoms with van der Waals surface area (Å²) >= 11 is 0. The summed E-state index contributed by atoms with van der Waals surface area (Å²) in [6.07, 6.45) is 12.9. The molecule has 0 amide bonds. The minimum absolute atomic E-state index is 0.0510. The van der Waals surface area contributed by atoms with E-state index in [0.717, 1.165) is 44.8 Å². The molecule has 3 heteroatoms. The zero-order valence-corrected chi connectivity index (χ0v) is 12.9. The topological polar surface area (TPSA) is 43.4 Å². The Bertz CT molecular complexity index is 261. The Labute approximate surface area is 123 Å². The summed E-state index contributed by atoms with van der Waals surface area (Å²) in [5.41, 5.74) is 0. The van der Waals surface area contributed by atoms with Crippen LogP contribution in [0.1, 0.15) is 77.6 Å². The van der Waals surface area contributed by atoms with Crippen LogP contribution in [0.3, 0.4) is 0 Å². The molecule has 0 N–H and O–H groups in total. The molecule has 0 aromatic heterocycles. The maximum absolute atomic E-state index is 11.7. The highest BCUT2D eigenvalue weighted by atomic mass is 16.5. The number of hydrogen-bond acceptors (Lipinski definition) is 3. The van der Waals surface area contributed by atoms with Crippen LogP contribution in [0.5, 0.6) is 0 Å². The van der Waals surface area contributed by atoms with Gasteiger partial charge in [0.05, 0.1) is 0 Å². The lowest BCUT2D eigenvalue weighted by atomic mass is 10.0. The fourth-order valence-corrected chi connectivity index (χ4v) is 2.13. The van der Waals surface area contributed by atoms with Gasteiger partial charge in [0.1, 0.15) is 12.4 Å². The molecule has 1 atom stereocenters. The van der Waals surface area contributed by atoms with Crippen molar-refractivity contribution in [2.45, 2.75) is 83.7 Å². The second kappa shape index (κ2) is 14.3. The van der Waals surface area contributed by atoms with Gasteiger partial charge in [-0.15, -0.1) is 6.58 Å². The van der Waals surface area contributed by atoms with Gasteiger partial charge in [-0.1, -0.05) is 32.3 Å². The van der Waals surface area contributed by atoms with Crippen LogP contribution in [0.2, 0.25) is 0 Å². The zero-order chi connectivity index (χ0) is 15.1. The number of carbonyl (C=O) groups excluding carboxylic acids is 2. The third-order valence-corrected chi connectivity index (χ3v) is 3.33. The summed E-state index contributed by atoms with van der Waals surface area (Å²) in [4.78, 5) is 21.9. The molecule has 0 aromatic rings. The van der Waals surface area contributed by atoms with Crippen molar-refractivity contribution < 1.29 is 14.3 Å². The molecular weight excluding hydrogens is 252 g/mol. The van der Waals surface area contributed by atoms with Gasteiger partial charge in [-0.3, -0.25) is 4.79 Å². The summed E-state index contributed by atoms with van der Waals surface area (Å²) in [6, 6.07) is 0. The van der Waals surface area contributed by atoms with Crippen LogP contribution >= 0.6 is 0 Å². The Balaban J connectivity index is 3.94. The maximum Gasteiger partial charge on any atom is 0.306 e. The van der Waals surface area contributed by atoms with Gasteiger partial charge in [-0.25, -0.2) is 0 Å².